The number of carbonyl (C=O) groups is 1. The molecule has 0 spiro atoms. The summed E-state index contributed by atoms with van der Waals surface area (Å²) in [4.78, 5) is 18.0. The van der Waals surface area contributed by atoms with Gasteiger partial charge in [0.1, 0.15) is 0 Å². The lowest BCUT2D eigenvalue weighted by Crippen LogP contribution is -2.41. The highest BCUT2D eigenvalue weighted by Crippen LogP contribution is 2.22. The predicted octanol–water partition coefficient (Wildman–Crippen LogP) is 3.33. The number of benzene rings is 1. The summed E-state index contributed by atoms with van der Waals surface area (Å²) >= 11 is 0. The van der Waals surface area contributed by atoms with E-state index in [1.807, 2.05) is 30.5 Å². The highest BCUT2D eigenvalue weighted by Gasteiger charge is 2.24. The molecule has 1 aliphatic heterocycles. The predicted molar refractivity (Wildman–Crippen MR) is 82.0 cm³/mol. The zero-order chi connectivity index (χ0) is 14.1. The van der Waals surface area contributed by atoms with Gasteiger partial charge in [0.25, 0.3) is 0 Å². The van der Waals surface area contributed by atoms with E-state index in [1.54, 1.807) is 0 Å². The summed E-state index contributed by atoms with van der Waals surface area (Å²) in [7, 11) is 0. The molecule has 106 valence electrons. The van der Waals surface area contributed by atoms with Crippen LogP contribution in [0.15, 0.2) is 30.5 Å². The SMILES string of the molecule is C[C@@H]1C[C@H](C)CN(CC(=O)c2c[nH]c3ccccc23)C1. The van der Waals surface area contributed by atoms with Crippen LogP contribution in [0.2, 0.25) is 0 Å². The number of fused-ring (bicyclic) bond motifs is 1. The van der Waals surface area contributed by atoms with Crippen LogP contribution >= 0.6 is 0 Å². The molecule has 2 aromatic rings. The van der Waals surface area contributed by atoms with Crippen LogP contribution in [0.3, 0.4) is 0 Å². The molecule has 2 atom stereocenters. The fraction of sp³-hybridized carbons (Fsp3) is 0.471. The monoisotopic (exact) mass is 270 g/mol. The lowest BCUT2D eigenvalue weighted by Gasteiger charge is -2.34. The number of para-hydroxylation sites is 1. The molecule has 0 saturated carbocycles. The molecule has 1 aliphatic rings. The largest absolute Gasteiger partial charge is 0.360 e. The van der Waals surface area contributed by atoms with Gasteiger partial charge in [0.2, 0.25) is 0 Å². The van der Waals surface area contributed by atoms with Gasteiger partial charge in [-0.3, -0.25) is 9.69 Å². The zero-order valence-electron chi connectivity index (χ0n) is 12.2. The van der Waals surface area contributed by atoms with E-state index in [1.165, 1.54) is 6.42 Å². The third-order valence-electron chi connectivity index (χ3n) is 4.20. The molecule has 1 saturated heterocycles. The summed E-state index contributed by atoms with van der Waals surface area (Å²) in [5.41, 5.74) is 1.86. The van der Waals surface area contributed by atoms with Crippen molar-refractivity contribution in [3.05, 3.63) is 36.0 Å². The molecule has 20 heavy (non-hydrogen) atoms. The fourth-order valence-corrected chi connectivity index (χ4v) is 3.51. The van der Waals surface area contributed by atoms with E-state index in [-0.39, 0.29) is 5.78 Å². The summed E-state index contributed by atoms with van der Waals surface area (Å²) in [5, 5.41) is 1.04. The Morgan fingerprint density at radius 1 is 1.25 bits per heavy atom. The molecule has 1 aromatic carbocycles. The lowest BCUT2D eigenvalue weighted by atomic mass is 9.91. The van der Waals surface area contributed by atoms with Crippen molar-refractivity contribution in [3.63, 3.8) is 0 Å². The Hall–Kier alpha value is -1.61. The summed E-state index contributed by atoms with van der Waals surface area (Å²) in [6, 6.07) is 8.00. The summed E-state index contributed by atoms with van der Waals surface area (Å²) < 4.78 is 0. The Balaban J connectivity index is 1.76. The van der Waals surface area contributed by atoms with Crippen LogP contribution in [-0.2, 0) is 0 Å². The summed E-state index contributed by atoms with van der Waals surface area (Å²) in [6.07, 6.45) is 3.13. The van der Waals surface area contributed by atoms with E-state index in [2.05, 4.69) is 23.7 Å². The maximum Gasteiger partial charge on any atom is 0.178 e. The number of hydrogen-bond acceptors (Lipinski definition) is 2. The van der Waals surface area contributed by atoms with E-state index in [0.717, 1.165) is 29.6 Å². The number of rotatable bonds is 3. The summed E-state index contributed by atoms with van der Waals surface area (Å²) in [5.74, 6) is 1.60. The molecular weight excluding hydrogens is 248 g/mol. The Morgan fingerprint density at radius 2 is 1.95 bits per heavy atom. The second-order valence-electron chi connectivity index (χ2n) is 6.31. The first-order valence-corrected chi connectivity index (χ1v) is 7.45. The van der Waals surface area contributed by atoms with Gasteiger partial charge in [0.05, 0.1) is 6.54 Å². The minimum Gasteiger partial charge on any atom is -0.360 e. The van der Waals surface area contributed by atoms with Crippen molar-refractivity contribution in [1.29, 1.82) is 0 Å². The molecule has 1 N–H and O–H groups in total. The van der Waals surface area contributed by atoms with Gasteiger partial charge in [0, 0.05) is 35.8 Å². The van der Waals surface area contributed by atoms with Gasteiger partial charge < -0.3 is 4.98 Å². The number of nitrogens with zero attached hydrogens (tertiary/aromatic N) is 1. The van der Waals surface area contributed by atoms with E-state index < -0.39 is 0 Å². The van der Waals surface area contributed by atoms with Crippen molar-refractivity contribution in [2.24, 2.45) is 11.8 Å². The molecule has 0 bridgehead atoms. The van der Waals surface area contributed by atoms with E-state index in [0.29, 0.717) is 18.4 Å². The average molecular weight is 270 g/mol. The molecule has 3 heteroatoms. The lowest BCUT2D eigenvalue weighted by molar-refractivity contribution is 0.0851. The standard InChI is InChI=1S/C17H22N2O/c1-12-7-13(2)10-19(9-12)11-17(20)15-8-18-16-6-4-3-5-14(15)16/h3-6,8,12-13,18H,7,9-11H2,1-2H3/t12-,13+. The molecule has 2 heterocycles. The first kappa shape index (κ1) is 13.4. The second-order valence-corrected chi connectivity index (χ2v) is 6.31. The first-order valence-electron chi connectivity index (χ1n) is 7.45. The number of hydrogen-bond donors (Lipinski definition) is 1. The van der Waals surface area contributed by atoms with Crippen LogP contribution in [0, 0.1) is 11.8 Å². The minimum atomic E-state index is 0.226. The molecule has 0 amide bonds. The Morgan fingerprint density at radius 3 is 2.70 bits per heavy atom. The van der Waals surface area contributed by atoms with Crippen LogP contribution in [0.1, 0.15) is 30.6 Å². The quantitative estimate of drug-likeness (QED) is 0.868. The fourth-order valence-electron chi connectivity index (χ4n) is 3.51. The van der Waals surface area contributed by atoms with Gasteiger partial charge >= 0.3 is 0 Å². The molecule has 0 radical (unpaired) electrons. The molecule has 3 rings (SSSR count). The number of likely N-dealkylation sites (tertiary alicyclic amines) is 1. The normalized spacial score (nSPS) is 24.1. The van der Waals surface area contributed by atoms with Crippen molar-refractivity contribution in [2.75, 3.05) is 19.6 Å². The van der Waals surface area contributed by atoms with Crippen molar-refractivity contribution in [2.45, 2.75) is 20.3 Å². The molecular formula is C17H22N2O. The Kier molecular flexibility index (Phi) is 3.62. The number of aromatic nitrogens is 1. The number of nitrogens with one attached hydrogen (secondary N) is 1. The number of Topliss-reactive ketones (excluding diaryl/α,β-unsaturated/α-hetero) is 1. The van der Waals surface area contributed by atoms with Gasteiger partial charge in [-0.05, 0) is 24.3 Å². The van der Waals surface area contributed by atoms with E-state index in [4.69, 9.17) is 0 Å². The van der Waals surface area contributed by atoms with E-state index >= 15 is 0 Å². The van der Waals surface area contributed by atoms with Crippen molar-refractivity contribution in [1.82, 2.24) is 9.88 Å². The number of ketones is 1. The third-order valence-corrected chi connectivity index (χ3v) is 4.20. The highest BCUT2D eigenvalue weighted by atomic mass is 16.1. The molecule has 1 fully saturated rings. The van der Waals surface area contributed by atoms with Crippen LogP contribution in [0.25, 0.3) is 10.9 Å². The van der Waals surface area contributed by atoms with Crippen LogP contribution in [0.5, 0.6) is 0 Å². The Labute approximate surface area is 120 Å². The maximum atomic E-state index is 12.5. The van der Waals surface area contributed by atoms with Crippen LogP contribution in [0.4, 0.5) is 0 Å². The molecule has 3 nitrogen and oxygen atoms in total. The van der Waals surface area contributed by atoms with Gasteiger partial charge in [-0.25, -0.2) is 0 Å². The summed E-state index contributed by atoms with van der Waals surface area (Å²) in [6.45, 7) is 7.17. The minimum absolute atomic E-state index is 0.226. The van der Waals surface area contributed by atoms with Gasteiger partial charge in [-0.1, -0.05) is 32.0 Å². The maximum absolute atomic E-state index is 12.5. The average Bonchev–Trinajstić information content (AvgIpc) is 2.81. The zero-order valence-corrected chi connectivity index (χ0v) is 12.2. The van der Waals surface area contributed by atoms with Crippen molar-refractivity contribution in [3.8, 4) is 0 Å². The molecule has 0 unspecified atom stereocenters. The number of aromatic amines is 1. The van der Waals surface area contributed by atoms with E-state index in [9.17, 15) is 4.79 Å². The second kappa shape index (κ2) is 5.41. The topological polar surface area (TPSA) is 36.1 Å². The molecule has 1 aromatic heterocycles. The third kappa shape index (κ3) is 2.63. The number of piperidine rings is 1. The Bertz CT molecular complexity index is 606. The van der Waals surface area contributed by atoms with Crippen LogP contribution < -0.4 is 0 Å². The van der Waals surface area contributed by atoms with Gasteiger partial charge in [0.15, 0.2) is 5.78 Å². The molecule has 0 aliphatic carbocycles. The smallest absolute Gasteiger partial charge is 0.178 e. The van der Waals surface area contributed by atoms with Crippen molar-refractivity contribution >= 4 is 16.7 Å². The van der Waals surface area contributed by atoms with Crippen LogP contribution in [-0.4, -0.2) is 35.3 Å². The van der Waals surface area contributed by atoms with Crippen molar-refractivity contribution < 1.29 is 4.79 Å². The first-order chi connectivity index (χ1) is 9.63. The van der Waals surface area contributed by atoms with Gasteiger partial charge in [-0.15, -0.1) is 0 Å². The number of H-pyrrole nitrogens is 1. The number of carbonyl (C=O) groups excluding carboxylic acids is 1. The van der Waals surface area contributed by atoms with Gasteiger partial charge in [-0.2, -0.15) is 0 Å². The highest BCUT2D eigenvalue weighted by molar-refractivity contribution is 6.08.